The number of hydrogen-bond acceptors (Lipinski definition) is 5. The van der Waals surface area contributed by atoms with E-state index in [1.165, 1.54) is 16.6 Å². The molecular formula is C19H23N5O2S. The fraction of sp³-hybridized carbons (Fsp3) is 0.421. The predicted molar refractivity (Wildman–Crippen MR) is 104 cm³/mol. The van der Waals surface area contributed by atoms with Crippen molar-refractivity contribution in [3.05, 3.63) is 57.8 Å². The summed E-state index contributed by atoms with van der Waals surface area (Å²) in [5, 5.41) is 4.44. The normalized spacial score (nSPS) is 18.9. The third-order valence-electron chi connectivity index (χ3n) is 4.77. The van der Waals surface area contributed by atoms with E-state index in [0.29, 0.717) is 29.6 Å². The first kappa shape index (κ1) is 14.6. The number of hydrogen-bond donors (Lipinski definition) is 1. The Balaban J connectivity index is 1.75. The van der Waals surface area contributed by atoms with Gasteiger partial charge in [0, 0.05) is 32.9 Å². The maximum Gasteiger partial charge on any atom is 0.279 e. The summed E-state index contributed by atoms with van der Waals surface area (Å²) in [6.45, 7) is 4.26. The first-order valence-electron chi connectivity index (χ1n) is 10.4. The summed E-state index contributed by atoms with van der Waals surface area (Å²) in [6, 6.07) is 6.13. The second kappa shape index (κ2) is 6.30. The van der Waals surface area contributed by atoms with Crippen LogP contribution in [0.25, 0.3) is 5.78 Å². The Morgan fingerprint density at radius 2 is 2.04 bits per heavy atom. The van der Waals surface area contributed by atoms with E-state index in [1.54, 1.807) is 18.3 Å². The van der Waals surface area contributed by atoms with Crippen molar-refractivity contribution in [1.82, 2.24) is 19.2 Å². The highest BCUT2D eigenvalue weighted by Gasteiger charge is 2.29. The average Bonchev–Trinajstić information content (AvgIpc) is 3.41. The maximum absolute atomic E-state index is 12.8. The van der Waals surface area contributed by atoms with Crippen molar-refractivity contribution in [2.24, 2.45) is 0 Å². The van der Waals surface area contributed by atoms with Crippen LogP contribution >= 0.6 is 0 Å². The quantitative estimate of drug-likeness (QED) is 0.727. The molecule has 0 unspecified atom stereocenters. The summed E-state index contributed by atoms with van der Waals surface area (Å²) in [4.78, 5) is 17.4. The van der Waals surface area contributed by atoms with Crippen LogP contribution in [0.4, 0.5) is 0 Å². The van der Waals surface area contributed by atoms with Gasteiger partial charge >= 0.3 is 0 Å². The van der Waals surface area contributed by atoms with Gasteiger partial charge in [0.2, 0.25) is 5.78 Å². The molecule has 1 aliphatic rings. The molecule has 4 rings (SSSR count). The van der Waals surface area contributed by atoms with Crippen molar-refractivity contribution in [2.45, 2.75) is 50.0 Å². The zero-order chi connectivity index (χ0) is 21.8. The smallest absolute Gasteiger partial charge is 0.279 e. The molecule has 1 aromatic carbocycles. The average molecular weight is 389 g/mol. The molecule has 1 N–H and O–H groups in total. The van der Waals surface area contributed by atoms with Gasteiger partial charge < -0.3 is 4.57 Å². The minimum atomic E-state index is -3.90. The molecule has 3 aromatic rings. The van der Waals surface area contributed by atoms with Crippen LogP contribution in [0.3, 0.4) is 0 Å². The van der Waals surface area contributed by atoms with E-state index in [4.69, 9.17) is 8.89 Å². The van der Waals surface area contributed by atoms with Crippen molar-refractivity contribution < 1.29 is 8.32 Å². The number of fused-ring (bicyclic) bond motifs is 1. The number of benzene rings is 1. The van der Waals surface area contributed by atoms with Crippen LogP contribution in [-0.2, 0) is 16.3 Å². The summed E-state index contributed by atoms with van der Waals surface area (Å²) in [5.74, 6) is 1.46. The number of nitrogens with zero attached hydrogens (tertiary/aromatic N) is 4. The predicted octanol–water partition coefficient (Wildman–Crippen LogP) is 2.98. The number of rotatable bonds is 5. The first-order chi connectivity index (χ1) is 14.0. The van der Waals surface area contributed by atoms with Gasteiger partial charge in [0.15, 0.2) is 5.82 Å². The molecule has 1 aliphatic carbocycles. The van der Waals surface area contributed by atoms with Crippen LogP contribution in [0, 0.1) is 4.78 Å². The van der Waals surface area contributed by atoms with Crippen LogP contribution in [0.5, 0.6) is 0 Å². The molecule has 0 aliphatic heterocycles. The van der Waals surface area contributed by atoms with Crippen LogP contribution in [0.15, 0.2) is 40.2 Å². The van der Waals surface area contributed by atoms with Gasteiger partial charge in [-0.3, -0.25) is 4.79 Å². The fourth-order valence-corrected chi connectivity index (χ4v) is 3.57. The lowest BCUT2D eigenvalue weighted by molar-refractivity contribution is 0.678. The van der Waals surface area contributed by atoms with Crippen molar-refractivity contribution in [3.63, 3.8) is 0 Å². The van der Waals surface area contributed by atoms with Crippen molar-refractivity contribution in [1.29, 1.82) is 4.78 Å². The van der Waals surface area contributed by atoms with Gasteiger partial charge in [0.1, 0.15) is 0 Å². The third-order valence-corrected chi connectivity index (χ3v) is 5.71. The zero-order valence-corrected chi connectivity index (χ0v) is 16.0. The first-order valence-corrected chi connectivity index (χ1v) is 10.4. The highest BCUT2D eigenvalue weighted by molar-refractivity contribution is 7.91. The van der Waals surface area contributed by atoms with Crippen LogP contribution in [0.1, 0.15) is 59.6 Å². The maximum atomic E-state index is 12.8. The molecule has 27 heavy (non-hydrogen) atoms. The Labute approximate surface area is 162 Å². The Hall–Kier alpha value is -2.48. The van der Waals surface area contributed by atoms with E-state index in [-0.39, 0.29) is 16.4 Å². The number of nitrogens with one attached hydrogen (secondary N) is 1. The zero-order valence-electron chi connectivity index (χ0n) is 18.2. The molecular weight excluding hydrogens is 362 g/mol. The highest BCUT2D eigenvalue weighted by Crippen LogP contribution is 2.38. The Morgan fingerprint density at radius 3 is 2.63 bits per heavy atom. The molecule has 1 saturated carbocycles. The summed E-state index contributed by atoms with van der Waals surface area (Å²) in [5.41, 5.74) is 1.26. The van der Waals surface area contributed by atoms with Gasteiger partial charge in [-0.15, -0.1) is 5.10 Å². The van der Waals surface area contributed by atoms with Crippen molar-refractivity contribution >= 4 is 15.5 Å². The van der Waals surface area contributed by atoms with Crippen LogP contribution < -0.4 is 5.56 Å². The highest BCUT2D eigenvalue weighted by atomic mass is 32.2. The second-order valence-electron chi connectivity index (χ2n) is 7.33. The lowest BCUT2D eigenvalue weighted by atomic mass is 10.1. The van der Waals surface area contributed by atoms with Crippen molar-refractivity contribution in [3.8, 4) is 0 Å². The topological polar surface area (TPSA) is 93.1 Å². The minimum absolute atomic E-state index is 0.0105. The largest absolute Gasteiger partial charge is 0.312 e. The van der Waals surface area contributed by atoms with E-state index in [9.17, 15) is 9.00 Å². The summed E-state index contributed by atoms with van der Waals surface area (Å²) in [7, 11) is -3.90. The molecule has 142 valence electrons. The van der Waals surface area contributed by atoms with Crippen molar-refractivity contribution in [2.75, 3.05) is 6.18 Å². The standard InChI is InChI=1S/C19H23N5O2S/c1-12(2)16-11-23(10-13-4-8-15(9-5-13)27(3,20)26)19-21-17(14-6-7-14)22-24(19)18(16)25/h4-5,8-9,11-12,14,20H,6-7,10H2,1-3H3/t27-/m1/s1/i3D3. The molecule has 8 heteroatoms. The SMILES string of the molecule is [2H]C([2H])([2H])[S@@](=N)(=O)c1ccc(Cn2cc(C(C)C)c(=O)n3nc(C4CC4)nc23)cc1. The van der Waals surface area contributed by atoms with Crippen LogP contribution in [0.2, 0.25) is 0 Å². The second-order valence-corrected chi connectivity index (χ2v) is 8.91. The van der Waals surface area contributed by atoms with E-state index in [1.807, 2.05) is 18.4 Å². The lowest BCUT2D eigenvalue weighted by Crippen LogP contribution is -2.24. The van der Waals surface area contributed by atoms with Gasteiger partial charge in [-0.05, 0) is 36.5 Å². The van der Waals surface area contributed by atoms with E-state index in [0.717, 1.165) is 18.4 Å². The summed E-state index contributed by atoms with van der Waals surface area (Å²) < 4.78 is 45.3. The molecule has 0 bridgehead atoms. The molecule has 7 nitrogen and oxygen atoms in total. The van der Waals surface area contributed by atoms with Crippen LogP contribution in [-0.4, -0.2) is 29.6 Å². The molecule has 1 atom stereocenters. The molecule has 0 spiro atoms. The van der Waals surface area contributed by atoms with E-state index < -0.39 is 15.9 Å². The third kappa shape index (κ3) is 3.41. The fourth-order valence-electron chi connectivity index (χ4n) is 3.05. The molecule has 0 amide bonds. The number of aromatic nitrogens is 4. The molecule has 0 radical (unpaired) electrons. The lowest BCUT2D eigenvalue weighted by Gasteiger charge is -2.12. The van der Waals surface area contributed by atoms with Gasteiger partial charge in [-0.25, -0.2) is 8.99 Å². The van der Waals surface area contributed by atoms with Gasteiger partial charge in [-0.1, -0.05) is 26.0 Å². The van der Waals surface area contributed by atoms with Gasteiger partial charge in [0.25, 0.3) is 5.56 Å². The Morgan fingerprint density at radius 1 is 1.33 bits per heavy atom. The molecule has 2 heterocycles. The Bertz CT molecular complexity index is 1270. The Kier molecular flexibility index (Phi) is 3.40. The van der Waals surface area contributed by atoms with E-state index >= 15 is 0 Å². The minimum Gasteiger partial charge on any atom is -0.312 e. The van der Waals surface area contributed by atoms with Gasteiger partial charge in [0.05, 0.1) is 16.3 Å². The monoisotopic (exact) mass is 388 g/mol. The molecule has 0 saturated heterocycles. The molecule has 2 aromatic heterocycles. The summed E-state index contributed by atoms with van der Waals surface area (Å²) in [6.07, 6.45) is 0.961. The molecule has 1 fully saturated rings. The van der Waals surface area contributed by atoms with Gasteiger partial charge in [-0.2, -0.15) is 9.50 Å². The van der Waals surface area contributed by atoms with E-state index in [2.05, 4.69) is 10.1 Å². The summed E-state index contributed by atoms with van der Waals surface area (Å²) >= 11 is 0.